The molecule has 7 nitrogen and oxygen atoms in total. The van der Waals surface area contributed by atoms with Gasteiger partial charge in [-0.2, -0.15) is 0 Å². The van der Waals surface area contributed by atoms with E-state index in [0.29, 0.717) is 34.7 Å². The minimum Gasteiger partial charge on any atom is -0.480 e. The number of para-hydroxylation sites is 1. The Balaban J connectivity index is 1.64. The van der Waals surface area contributed by atoms with Gasteiger partial charge in [0.2, 0.25) is 0 Å². The van der Waals surface area contributed by atoms with Crippen LogP contribution in [0.2, 0.25) is 0 Å². The molecule has 8 heteroatoms. The van der Waals surface area contributed by atoms with Crippen LogP contribution in [0.25, 0.3) is 5.57 Å². The highest BCUT2D eigenvalue weighted by Crippen LogP contribution is 2.44. The van der Waals surface area contributed by atoms with Crippen LogP contribution in [0.4, 0.5) is 10.5 Å². The Morgan fingerprint density at radius 3 is 2.48 bits per heavy atom. The average molecular weight is 414 g/mol. The summed E-state index contributed by atoms with van der Waals surface area (Å²) in [6.45, 7) is -0.133. The van der Waals surface area contributed by atoms with Gasteiger partial charge in [-0.1, -0.05) is 50.3 Å². The van der Waals surface area contributed by atoms with Crippen LogP contribution >= 0.6 is 11.8 Å². The Morgan fingerprint density at radius 1 is 1.03 bits per heavy atom. The topological polar surface area (TPSA) is 95.0 Å². The number of hydrogen-bond donors (Lipinski definition) is 1. The van der Waals surface area contributed by atoms with E-state index in [4.69, 9.17) is 5.11 Å². The third kappa shape index (κ3) is 3.69. The van der Waals surface area contributed by atoms with E-state index in [0.717, 1.165) is 12.1 Å². The smallest absolute Gasteiger partial charge is 0.323 e. The summed E-state index contributed by atoms with van der Waals surface area (Å²) < 4.78 is 0. The SMILES string of the molecule is O=C(O)CN1C(=O)S/C(=C2\C(=O)N(CCC3CCCCC3)c3ccccc32)C1=O. The van der Waals surface area contributed by atoms with Gasteiger partial charge in [-0.15, -0.1) is 0 Å². The van der Waals surface area contributed by atoms with Crippen LogP contribution in [0, 0.1) is 5.92 Å². The second-order valence-electron chi connectivity index (χ2n) is 7.62. The largest absolute Gasteiger partial charge is 0.480 e. The summed E-state index contributed by atoms with van der Waals surface area (Å²) in [6.07, 6.45) is 7.02. The van der Waals surface area contributed by atoms with E-state index in [2.05, 4.69) is 0 Å². The molecule has 0 spiro atoms. The van der Waals surface area contributed by atoms with Crippen LogP contribution in [0.5, 0.6) is 0 Å². The molecule has 2 heterocycles. The normalized spacial score (nSPS) is 22.6. The molecule has 3 aliphatic rings. The number of benzene rings is 1. The number of hydrogen-bond acceptors (Lipinski definition) is 5. The lowest BCUT2D eigenvalue weighted by molar-refractivity contribution is -0.140. The summed E-state index contributed by atoms with van der Waals surface area (Å²) in [5.74, 6) is -1.67. The van der Waals surface area contributed by atoms with E-state index in [-0.39, 0.29) is 16.4 Å². The summed E-state index contributed by atoms with van der Waals surface area (Å²) >= 11 is 0.643. The van der Waals surface area contributed by atoms with Crippen molar-refractivity contribution in [3.63, 3.8) is 0 Å². The molecule has 0 radical (unpaired) electrons. The molecule has 1 N–H and O–H groups in total. The van der Waals surface area contributed by atoms with Crippen molar-refractivity contribution < 1.29 is 24.3 Å². The average Bonchev–Trinajstić information content (AvgIpc) is 3.14. The quantitative estimate of drug-likeness (QED) is 0.741. The Kier molecular flexibility index (Phi) is 5.45. The zero-order valence-electron chi connectivity index (χ0n) is 15.9. The molecular weight excluding hydrogens is 392 g/mol. The van der Waals surface area contributed by atoms with Gasteiger partial charge in [0.15, 0.2) is 0 Å². The number of amides is 3. The lowest BCUT2D eigenvalue weighted by Gasteiger charge is -2.24. The van der Waals surface area contributed by atoms with E-state index >= 15 is 0 Å². The minimum absolute atomic E-state index is 0.0221. The fourth-order valence-electron chi connectivity index (χ4n) is 4.33. The van der Waals surface area contributed by atoms with E-state index in [1.54, 1.807) is 17.0 Å². The Morgan fingerprint density at radius 2 is 1.76 bits per heavy atom. The number of rotatable bonds is 5. The lowest BCUT2D eigenvalue weighted by atomic mass is 9.87. The zero-order chi connectivity index (χ0) is 20.5. The first kappa shape index (κ1) is 19.7. The second kappa shape index (κ2) is 8.02. The van der Waals surface area contributed by atoms with Gasteiger partial charge in [0.1, 0.15) is 6.54 Å². The summed E-state index contributed by atoms with van der Waals surface area (Å²) in [6, 6.07) is 7.26. The molecule has 1 aromatic carbocycles. The third-order valence-corrected chi connectivity index (χ3v) is 6.76. The summed E-state index contributed by atoms with van der Waals surface area (Å²) in [7, 11) is 0. The number of thioether (sulfide) groups is 1. The maximum absolute atomic E-state index is 13.3. The molecule has 29 heavy (non-hydrogen) atoms. The molecule has 2 fully saturated rings. The summed E-state index contributed by atoms with van der Waals surface area (Å²) in [4.78, 5) is 51.5. The molecule has 0 atom stereocenters. The number of anilines is 1. The molecule has 0 aromatic heterocycles. The van der Waals surface area contributed by atoms with Gasteiger partial charge in [-0.05, 0) is 30.2 Å². The number of aliphatic carboxylic acids is 1. The molecule has 1 aliphatic carbocycles. The second-order valence-corrected chi connectivity index (χ2v) is 8.59. The Bertz CT molecular complexity index is 919. The van der Waals surface area contributed by atoms with Gasteiger partial charge in [0.05, 0.1) is 16.2 Å². The van der Waals surface area contributed by atoms with Gasteiger partial charge in [0.25, 0.3) is 17.1 Å². The number of imide groups is 1. The van der Waals surface area contributed by atoms with Crippen LogP contribution in [0.15, 0.2) is 29.2 Å². The predicted molar refractivity (Wildman–Crippen MR) is 109 cm³/mol. The van der Waals surface area contributed by atoms with Gasteiger partial charge in [-0.3, -0.25) is 24.1 Å². The molecule has 1 aromatic rings. The number of carboxylic acids is 1. The van der Waals surface area contributed by atoms with Crippen molar-refractivity contribution in [1.29, 1.82) is 0 Å². The third-order valence-electron chi connectivity index (χ3n) is 5.78. The maximum Gasteiger partial charge on any atom is 0.323 e. The minimum atomic E-state index is -1.27. The molecule has 4 rings (SSSR count). The van der Waals surface area contributed by atoms with Gasteiger partial charge < -0.3 is 10.0 Å². The van der Waals surface area contributed by atoms with Crippen LogP contribution in [0.1, 0.15) is 44.1 Å². The summed E-state index contributed by atoms with van der Waals surface area (Å²) in [5, 5.41) is 8.30. The fraction of sp³-hybridized carbons (Fsp3) is 0.429. The number of nitrogens with zero attached hydrogens (tertiary/aromatic N) is 2. The van der Waals surface area contributed by atoms with E-state index < -0.39 is 23.7 Å². The fourth-order valence-corrected chi connectivity index (χ4v) is 5.26. The van der Waals surface area contributed by atoms with Crippen LogP contribution in [-0.2, 0) is 14.4 Å². The summed E-state index contributed by atoms with van der Waals surface area (Å²) in [5.41, 5.74) is 1.58. The first-order chi connectivity index (χ1) is 14.0. The van der Waals surface area contributed by atoms with Gasteiger partial charge in [0, 0.05) is 12.1 Å². The van der Waals surface area contributed by atoms with E-state index in [1.165, 1.54) is 32.1 Å². The predicted octanol–water partition coefficient (Wildman–Crippen LogP) is 3.49. The van der Waals surface area contributed by atoms with Gasteiger partial charge in [-0.25, -0.2) is 0 Å². The molecule has 152 valence electrons. The van der Waals surface area contributed by atoms with E-state index in [9.17, 15) is 19.2 Å². The first-order valence-corrected chi connectivity index (χ1v) is 10.7. The number of fused-ring (bicyclic) bond motifs is 1. The Hall–Kier alpha value is -2.61. The number of carboxylic acid groups (broad SMARTS) is 1. The zero-order valence-corrected chi connectivity index (χ0v) is 16.7. The van der Waals surface area contributed by atoms with Crippen molar-refractivity contribution in [1.82, 2.24) is 4.90 Å². The highest BCUT2D eigenvalue weighted by Gasteiger charge is 2.44. The highest BCUT2D eigenvalue weighted by molar-refractivity contribution is 8.18. The number of carbonyl (C=O) groups excluding carboxylic acids is 3. The van der Waals surface area contributed by atoms with Crippen LogP contribution < -0.4 is 4.90 Å². The Labute approximate surface area is 172 Å². The molecule has 1 saturated heterocycles. The first-order valence-electron chi connectivity index (χ1n) is 9.88. The maximum atomic E-state index is 13.3. The van der Waals surface area contributed by atoms with Gasteiger partial charge >= 0.3 is 5.97 Å². The van der Waals surface area contributed by atoms with Crippen molar-refractivity contribution >= 4 is 46.0 Å². The van der Waals surface area contributed by atoms with Crippen molar-refractivity contribution in [3.05, 3.63) is 34.7 Å². The van der Waals surface area contributed by atoms with E-state index in [1.807, 2.05) is 12.1 Å². The molecule has 3 amide bonds. The lowest BCUT2D eigenvalue weighted by Crippen LogP contribution is -2.34. The molecule has 0 bridgehead atoms. The monoisotopic (exact) mass is 414 g/mol. The standard InChI is InChI=1S/C21H22N2O5S/c24-16(25)12-23-20(27)18(29-21(23)28)17-14-8-4-5-9-15(14)22(19(17)26)11-10-13-6-2-1-3-7-13/h4-5,8-9,13H,1-3,6-7,10-12H2,(H,24,25)/b18-17-. The van der Waals surface area contributed by atoms with Crippen molar-refractivity contribution in [2.24, 2.45) is 5.92 Å². The molecule has 0 unspecified atom stereocenters. The number of carbonyl (C=O) groups is 4. The van der Waals surface area contributed by atoms with Crippen LogP contribution in [0.3, 0.4) is 0 Å². The van der Waals surface area contributed by atoms with Crippen molar-refractivity contribution in [3.8, 4) is 0 Å². The molecule has 1 saturated carbocycles. The molecular formula is C21H22N2O5S. The molecule has 2 aliphatic heterocycles. The highest BCUT2D eigenvalue weighted by atomic mass is 32.2. The van der Waals surface area contributed by atoms with Crippen LogP contribution in [-0.4, -0.2) is 46.1 Å². The van der Waals surface area contributed by atoms with Crippen molar-refractivity contribution in [2.75, 3.05) is 18.0 Å². The van der Waals surface area contributed by atoms with Crippen molar-refractivity contribution in [2.45, 2.75) is 38.5 Å².